The summed E-state index contributed by atoms with van der Waals surface area (Å²) in [4.78, 5) is 13.2. The predicted octanol–water partition coefficient (Wildman–Crippen LogP) is 2.67. The molecule has 2 aromatic heterocycles. The van der Waals surface area contributed by atoms with E-state index in [1.54, 1.807) is 16.4 Å². The quantitative estimate of drug-likeness (QED) is 0.604. The third-order valence-electron chi connectivity index (χ3n) is 4.56. The lowest BCUT2D eigenvalue weighted by atomic mass is 10.1. The maximum absolute atomic E-state index is 11.0. The monoisotopic (exact) mass is 383 g/mol. The molecule has 4 rings (SSSR count). The number of aryl methyl sites for hydroxylation is 3. The number of aromatic nitrogens is 4. The van der Waals surface area contributed by atoms with Gasteiger partial charge in [0.25, 0.3) is 0 Å². The van der Waals surface area contributed by atoms with E-state index in [0.29, 0.717) is 6.54 Å². The molecule has 1 aromatic carbocycles. The number of H-pyrrole nitrogens is 1. The zero-order valence-electron chi connectivity index (χ0n) is 15.1. The van der Waals surface area contributed by atoms with E-state index in [9.17, 15) is 4.79 Å². The smallest absolute Gasteiger partial charge is 0.219 e. The fourth-order valence-electron chi connectivity index (χ4n) is 3.22. The van der Waals surface area contributed by atoms with Gasteiger partial charge in [-0.3, -0.25) is 14.6 Å². The van der Waals surface area contributed by atoms with Crippen LogP contribution in [0.2, 0.25) is 0 Å². The number of nitrogens with zero attached hydrogens (tertiary/aromatic N) is 4. The number of rotatable bonds is 6. The Labute approximate surface area is 160 Å². The fourth-order valence-corrected chi connectivity index (χ4v) is 4.06. The summed E-state index contributed by atoms with van der Waals surface area (Å²) in [7, 11) is 0. The lowest BCUT2D eigenvalue weighted by molar-refractivity contribution is -0.118. The molecule has 140 valence electrons. The standard InChI is InChI=1S/C18H21N7OS/c1-11-3-4-14-13(10-20-22-14)17(11)24-7-8-27-18(24)21-16-9-12(2)25(23-16)6-5-15(19)26/h3-4,7-10,18H,5-6H2,1-2H3,(H2,19,26)(H,20,22)(H,21,23). The van der Waals surface area contributed by atoms with Crippen molar-refractivity contribution in [3.8, 4) is 0 Å². The lowest BCUT2D eigenvalue weighted by Crippen LogP contribution is -2.32. The van der Waals surface area contributed by atoms with Crippen LogP contribution in [0.25, 0.3) is 10.9 Å². The molecule has 1 amide bonds. The molecular weight excluding hydrogens is 362 g/mol. The molecule has 0 spiro atoms. The van der Waals surface area contributed by atoms with Crippen LogP contribution in [0.4, 0.5) is 11.5 Å². The molecule has 3 heterocycles. The number of fused-ring (bicyclic) bond motifs is 1. The van der Waals surface area contributed by atoms with E-state index < -0.39 is 0 Å². The number of hydrogen-bond acceptors (Lipinski definition) is 6. The van der Waals surface area contributed by atoms with E-state index in [4.69, 9.17) is 5.73 Å². The molecule has 0 fully saturated rings. The highest BCUT2D eigenvalue weighted by atomic mass is 32.2. The van der Waals surface area contributed by atoms with Crippen molar-refractivity contribution in [2.45, 2.75) is 32.3 Å². The number of hydrogen-bond donors (Lipinski definition) is 3. The van der Waals surface area contributed by atoms with Crippen LogP contribution in [0.5, 0.6) is 0 Å². The first-order chi connectivity index (χ1) is 13.0. The maximum atomic E-state index is 11.0. The van der Waals surface area contributed by atoms with Crippen LogP contribution in [-0.2, 0) is 11.3 Å². The molecule has 0 saturated carbocycles. The molecule has 9 heteroatoms. The highest BCUT2D eigenvalue weighted by Gasteiger charge is 2.25. The van der Waals surface area contributed by atoms with Gasteiger partial charge < -0.3 is 16.0 Å². The maximum Gasteiger partial charge on any atom is 0.219 e. The molecule has 1 unspecified atom stereocenters. The lowest BCUT2D eigenvalue weighted by Gasteiger charge is -2.27. The molecule has 1 atom stereocenters. The third-order valence-corrected chi connectivity index (χ3v) is 5.44. The normalized spacial score (nSPS) is 16.4. The minimum Gasteiger partial charge on any atom is -0.370 e. The first-order valence-corrected chi connectivity index (χ1v) is 9.59. The van der Waals surface area contributed by atoms with Crippen molar-refractivity contribution in [2.75, 3.05) is 10.2 Å². The van der Waals surface area contributed by atoms with E-state index in [2.05, 4.69) is 50.1 Å². The first-order valence-electron chi connectivity index (χ1n) is 8.65. The second-order valence-corrected chi connectivity index (χ2v) is 7.49. The molecule has 1 aliphatic rings. The fraction of sp³-hybridized carbons (Fsp3) is 0.278. The average molecular weight is 383 g/mol. The highest BCUT2D eigenvalue weighted by molar-refractivity contribution is 8.03. The Balaban J connectivity index is 1.58. The van der Waals surface area contributed by atoms with Gasteiger partial charge in [-0.15, -0.1) is 0 Å². The number of carbonyl (C=O) groups is 1. The van der Waals surface area contributed by atoms with Gasteiger partial charge in [0.05, 0.1) is 23.9 Å². The molecule has 0 bridgehead atoms. The number of amides is 1. The third kappa shape index (κ3) is 3.37. The zero-order valence-corrected chi connectivity index (χ0v) is 16.0. The minimum atomic E-state index is -0.329. The van der Waals surface area contributed by atoms with Crippen molar-refractivity contribution in [3.05, 3.63) is 47.3 Å². The zero-order chi connectivity index (χ0) is 19.0. The number of thioether (sulfide) groups is 1. The summed E-state index contributed by atoms with van der Waals surface area (Å²) in [6, 6.07) is 6.11. The molecule has 27 heavy (non-hydrogen) atoms. The summed E-state index contributed by atoms with van der Waals surface area (Å²) in [6.45, 7) is 4.54. The van der Waals surface area contributed by atoms with Crippen LogP contribution < -0.4 is 16.0 Å². The van der Waals surface area contributed by atoms with Gasteiger partial charge in [-0.1, -0.05) is 17.8 Å². The van der Waals surface area contributed by atoms with E-state index in [1.165, 1.54) is 5.56 Å². The van der Waals surface area contributed by atoms with Crippen LogP contribution in [0.15, 0.2) is 36.0 Å². The second kappa shape index (κ2) is 6.99. The molecule has 0 saturated heterocycles. The summed E-state index contributed by atoms with van der Waals surface area (Å²) in [5.74, 6) is 0.435. The van der Waals surface area contributed by atoms with Crippen molar-refractivity contribution in [1.82, 2.24) is 20.0 Å². The van der Waals surface area contributed by atoms with Crippen molar-refractivity contribution < 1.29 is 4.79 Å². The number of benzene rings is 1. The molecule has 1 aliphatic heterocycles. The van der Waals surface area contributed by atoms with Gasteiger partial charge in [-0.05, 0) is 30.9 Å². The Kier molecular flexibility index (Phi) is 4.53. The number of nitrogens with two attached hydrogens (primary N) is 1. The average Bonchev–Trinajstić information content (AvgIpc) is 3.34. The van der Waals surface area contributed by atoms with E-state index in [0.717, 1.165) is 28.1 Å². The summed E-state index contributed by atoms with van der Waals surface area (Å²) in [5.41, 5.74) is 9.49. The molecule has 8 nitrogen and oxygen atoms in total. The van der Waals surface area contributed by atoms with Gasteiger partial charge in [0.15, 0.2) is 11.3 Å². The Morgan fingerprint density at radius 3 is 3.07 bits per heavy atom. The van der Waals surface area contributed by atoms with E-state index >= 15 is 0 Å². The number of aromatic amines is 1. The van der Waals surface area contributed by atoms with Crippen molar-refractivity contribution >= 4 is 40.1 Å². The molecule has 4 N–H and O–H groups in total. The van der Waals surface area contributed by atoms with Crippen molar-refractivity contribution in [2.24, 2.45) is 5.73 Å². The summed E-state index contributed by atoms with van der Waals surface area (Å²) in [5, 5.41) is 18.4. The minimum absolute atomic E-state index is 0.0249. The van der Waals surface area contributed by atoms with Crippen LogP contribution in [-0.4, -0.2) is 31.4 Å². The van der Waals surface area contributed by atoms with Gasteiger partial charge >= 0.3 is 0 Å². The summed E-state index contributed by atoms with van der Waals surface area (Å²) >= 11 is 1.67. The van der Waals surface area contributed by atoms with Crippen LogP contribution in [0, 0.1) is 13.8 Å². The Hall–Kier alpha value is -2.94. The first kappa shape index (κ1) is 17.5. The van der Waals surface area contributed by atoms with Gasteiger partial charge in [0.2, 0.25) is 5.91 Å². The second-order valence-electron chi connectivity index (χ2n) is 6.50. The Bertz CT molecular complexity index is 1020. The van der Waals surface area contributed by atoms with Gasteiger partial charge in [-0.2, -0.15) is 10.2 Å². The van der Waals surface area contributed by atoms with E-state index in [-0.39, 0.29) is 17.8 Å². The predicted molar refractivity (Wildman–Crippen MR) is 108 cm³/mol. The Morgan fingerprint density at radius 2 is 2.26 bits per heavy atom. The number of carbonyl (C=O) groups excluding carboxylic acids is 1. The number of anilines is 2. The van der Waals surface area contributed by atoms with Gasteiger partial charge in [-0.25, -0.2) is 0 Å². The number of nitrogens with one attached hydrogen (secondary N) is 2. The van der Waals surface area contributed by atoms with Crippen molar-refractivity contribution in [1.29, 1.82) is 0 Å². The largest absolute Gasteiger partial charge is 0.370 e. The molecule has 3 aromatic rings. The summed E-state index contributed by atoms with van der Waals surface area (Å²) < 4.78 is 1.80. The van der Waals surface area contributed by atoms with Gasteiger partial charge in [0.1, 0.15) is 0 Å². The summed E-state index contributed by atoms with van der Waals surface area (Å²) in [6.07, 6.45) is 4.19. The van der Waals surface area contributed by atoms with Crippen LogP contribution in [0.3, 0.4) is 0 Å². The van der Waals surface area contributed by atoms with E-state index in [1.807, 2.05) is 25.3 Å². The SMILES string of the molecule is Cc1ccc2[nH]ncc2c1N1C=CSC1Nc1cc(C)n(CCC(N)=O)n1. The van der Waals surface area contributed by atoms with Crippen LogP contribution >= 0.6 is 11.8 Å². The molecule has 0 radical (unpaired) electrons. The number of primary amides is 1. The Morgan fingerprint density at radius 1 is 1.41 bits per heavy atom. The van der Waals surface area contributed by atoms with Crippen molar-refractivity contribution in [3.63, 3.8) is 0 Å². The van der Waals surface area contributed by atoms with Gasteiger partial charge in [0, 0.05) is 29.8 Å². The topological polar surface area (TPSA) is 105 Å². The molecular formula is C18H21N7OS. The molecule has 0 aliphatic carbocycles. The highest BCUT2D eigenvalue weighted by Crippen LogP contribution is 2.37. The van der Waals surface area contributed by atoms with Crippen LogP contribution in [0.1, 0.15) is 17.7 Å².